The Morgan fingerprint density at radius 1 is 1.00 bits per heavy atom. The summed E-state index contributed by atoms with van der Waals surface area (Å²) in [6.07, 6.45) is 6.30. The first-order valence-corrected chi connectivity index (χ1v) is 9.55. The second kappa shape index (κ2) is 8.37. The van der Waals surface area contributed by atoms with Gasteiger partial charge >= 0.3 is 6.03 Å². The zero-order valence-electron chi connectivity index (χ0n) is 15.0. The summed E-state index contributed by atoms with van der Waals surface area (Å²) in [5, 5.41) is 6.18. The van der Waals surface area contributed by atoms with E-state index < -0.39 is 0 Å². The van der Waals surface area contributed by atoms with Crippen LogP contribution in [0, 0.1) is 11.8 Å². The molecule has 1 aliphatic heterocycles. The average molecular weight is 343 g/mol. The molecule has 1 aromatic rings. The van der Waals surface area contributed by atoms with Gasteiger partial charge < -0.3 is 15.5 Å². The van der Waals surface area contributed by atoms with Gasteiger partial charge in [-0.1, -0.05) is 38.0 Å². The number of urea groups is 1. The van der Waals surface area contributed by atoms with Gasteiger partial charge in [-0.3, -0.25) is 4.79 Å². The van der Waals surface area contributed by atoms with E-state index in [0.717, 1.165) is 24.9 Å². The number of rotatable bonds is 3. The highest BCUT2D eigenvalue weighted by atomic mass is 16.2. The van der Waals surface area contributed by atoms with Gasteiger partial charge in [0.1, 0.15) is 0 Å². The lowest BCUT2D eigenvalue weighted by molar-refractivity contribution is -0.127. The molecule has 136 valence electrons. The lowest BCUT2D eigenvalue weighted by Crippen LogP contribution is -2.48. The van der Waals surface area contributed by atoms with E-state index in [1.54, 1.807) is 4.90 Å². The monoisotopic (exact) mass is 343 g/mol. The van der Waals surface area contributed by atoms with Crippen LogP contribution in [-0.2, 0) is 4.79 Å². The van der Waals surface area contributed by atoms with Crippen LogP contribution in [0.3, 0.4) is 0 Å². The minimum absolute atomic E-state index is 0.0369. The second-order valence-electron chi connectivity index (χ2n) is 7.43. The van der Waals surface area contributed by atoms with Gasteiger partial charge in [-0.05, 0) is 43.7 Å². The van der Waals surface area contributed by atoms with E-state index in [1.165, 1.54) is 19.3 Å². The highest BCUT2D eigenvalue weighted by Gasteiger charge is 2.30. The van der Waals surface area contributed by atoms with E-state index in [-0.39, 0.29) is 17.9 Å². The predicted octanol–water partition coefficient (Wildman–Crippen LogP) is 3.63. The maximum absolute atomic E-state index is 12.5. The molecule has 3 rings (SSSR count). The molecule has 1 aromatic carbocycles. The Bertz CT molecular complexity index is 582. The van der Waals surface area contributed by atoms with Crippen molar-refractivity contribution in [2.45, 2.75) is 51.5 Å². The van der Waals surface area contributed by atoms with Crippen molar-refractivity contribution >= 4 is 17.6 Å². The molecule has 2 atom stereocenters. The third kappa shape index (κ3) is 4.74. The van der Waals surface area contributed by atoms with E-state index in [0.29, 0.717) is 25.0 Å². The molecule has 0 spiro atoms. The Kier molecular flexibility index (Phi) is 5.95. The highest BCUT2D eigenvalue weighted by molar-refractivity contribution is 5.89. The summed E-state index contributed by atoms with van der Waals surface area (Å²) in [5.74, 6) is 0.797. The fraction of sp³-hybridized carbons (Fsp3) is 0.600. The van der Waals surface area contributed by atoms with Crippen LogP contribution >= 0.6 is 0 Å². The molecule has 0 radical (unpaired) electrons. The predicted molar refractivity (Wildman–Crippen MR) is 99.3 cm³/mol. The lowest BCUT2D eigenvalue weighted by Gasteiger charge is -2.34. The molecule has 5 nitrogen and oxygen atoms in total. The number of amides is 3. The van der Waals surface area contributed by atoms with Crippen molar-refractivity contribution in [3.8, 4) is 0 Å². The Hall–Kier alpha value is -2.04. The standard InChI is InChI=1S/C20H29N3O2/c1-15-7-5-6-10-18(15)22-19(24)16-11-13-23(14-12-16)20(25)21-17-8-3-2-4-9-17/h2-4,8-9,15-16,18H,5-7,10-14H2,1H3,(H,21,25)(H,22,24)/t15-,18+/m1/s1. The molecule has 0 bridgehead atoms. The molecule has 1 aliphatic carbocycles. The highest BCUT2D eigenvalue weighted by Crippen LogP contribution is 2.25. The minimum Gasteiger partial charge on any atom is -0.353 e. The van der Waals surface area contributed by atoms with E-state index in [9.17, 15) is 9.59 Å². The van der Waals surface area contributed by atoms with E-state index in [2.05, 4.69) is 17.6 Å². The molecule has 1 saturated heterocycles. The van der Waals surface area contributed by atoms with Crippen molar-refractivity contribution in [3.05, 3.63) is 30.3 Å². The number of anilines is 1. The van der Waals surface area contributed by atoms with Gasteiger partial charge in [0.15, 0.2) is 0 Å². The van der Waals surface area contributed by atoms with E-state index in [1.807, 2.05) is 30.3 Å². The number of carbonyl (C=O) groups excluding carboxylic acids is 2. The van der Waals surface area contributed by atoms with Gasteiger partial charge in [0.2, 0.25) is 5.91 Å². The number of likely N-dealkylation sites (tertiary alicyclic amines) is 1. The van der Waals surface area contributed by atoms with E-state index >= 15 is 0 Å². The van der Waals surface area contributed by atoms with Crippen molar-refractivity contribution in [3.63, 3.8) is 0 Å². The molecule has 2 aliphatic rings. The molecule has 3 amide bonds. The van der Waals surface area contributed by atoms with Crippen LogP contribution in [0.4, 0.5) is 10.5 Å². The zero-order chi connectivity index (χ0) is 17.6. The molecule has 1 saturated carbocycles. The molecular weight excluding hydrogens is 314 g/mol. The van der Waals surface area contributed by atoms with Gasteiger partial charge in [0.05, 0.1) is 0 Å². The zero-order valence-corrected chi connectivity index (χ0v) is 15.0. The third-order valence-corrected chi connectivity index (χ3v) is 5.62. The summed E-state index contributed by atoms with van der Waals surface area (Å²) in [5.41, 5.74) is 0.804. The van der Waals surface area contributed by atoms with Crippen molar-refractivity contribution in [2.24, 2.45) is 11.8 Å². The number of carbonyl (C=O) groups is 2. The smallest absolute Gasteiger partial charge is 0.321 e. The summed E-state index contributed by atoms with van der Waals surface area (Å²) >= 11 is 0. The van der Waals surface area contributed by atoms with Gasteiger partial charge in [-0.15, -0.1) is 0 Å². The van der Waals surface area contributed by atoms with Gasteiger partial charge in [-0.2, -0.15) is 0 Å². The molecule has 5 heteroatoms. The van der Waals surface area contributed by atoms with Crippen LogP contribution in [0.5, 0.6) is 0 Å². The van der Waals surface area contributed by atoms with Crippen LogP contribution in [-0.4, -0.2) is 36.0 Å². The molecule has 0 unspecified atom stereocenters. The fourth-order valence-electron chi connectivity index (χ4n) is 3.90. The number of hydrogen-bond acceptors (Lipinski definition) is 2. The Morgan fingerprint density at radius 2 is 1.68 bits per heavy atom. The quantitative estimate of drug-likeness (QED) is 0.880. The summed E-state index contributed by atoms with van der Waals surface area (Å²) in [6.45, 7) is 3.51. The van der Waals surface area contributed by atoms with Crippen LogP contribution in [0.2, 0.25) is 0 Å². The Balaban J connectivity index is 1.44. The van der Waals surface area contributed by atoms with Crippen LogP contribution in [0.25, 0.3) is 0 Å². The minimum atomic E-state index is -0.0778. The van der Waals surface area contributed by atoms with Crippen molar-refractivity contribution < 1.29 is 9.59 Å². The van der Waals surface area contributed by atoms with E-state index in [4.69, 9.17) is 0 Å². The summed E-state index contributed by atoms with van der Waals surface area (Å²) < 4.78 is 0. The Labute approximate surface area is 150 Å². The van der Waals surface area contributed by atoms with Crippen molar-refractivity contribution in [1.82, 2.24) is 10.2 Å². The maximum Gasteiger partial charge on any atom is 0.321 e. The third-order valence-electron chi connectivity index (χ3n) is 5.62. The summed E-state index contributed by atoms with van der Waals surface area (Å²) in [4.78, 5) is 26.7. The van der Waals surface area contributed by atoms with Crippen LogP contribution < -0.4 is 10.6 Å². The topological polar surface area (TPSA) is 61.4 Å². The van der Waals surface area contributed by atoms with Crippen LogP contribution in [0.1, 0.15) is 45.4 Å². The molecular formula is C20H29N3O2. The summed E-state index contributed by atoms with van der Waals surface area (Å²) in [7, 11) is 0. The fourth-order valence-corrected chi connectivity index (χ4v) is 3.90. The maximum atomic E-state index is 12.5. The summed E-state index contributed by atoms with van der Waals surface area (Å²) in [6, 6.07) is 9.74. The molecule has 0 aromatic heterocycles. The number of benzene rings is 1. The second-order valence-corrected chi connectivity index (χ2v) is 7.43. The Morgan fingerprint density at radius 3 is 2.36 bits per heavy atom. The first-order valence-electron chi connectivity index (χ1n) is 9.55. The largest absolute Gasteiger partial charge is 0.353 e. The first kappa shape index (κ1) is 17.8. The molecule has 2 fully saturated rings. The van der Waals surface area contributed by atoms with Gasteiger partial charge in [-0.25, -0.2) is 4.79 Å². The average Bonchev–Trinajstić information content (AvgIpc) is 2.64. The van der Waals surface area contributed by atoms with Crippen molar-refractivity contribution in [1.29, 1.82) is 0 Å². The van der Waals surface area contributed by atoms with Crippen molar-refractivity contribution in [2.75, 3.05) is 18.4 Å². The van der Waals surface area contributed by atoms with Gasteiger partial charge in [0, 0.05) is 30.7 Å². The molecule has 1 heterocycles. The normalized spacial score (nSPS) is 24.6. The first-order chi connectivity index (χ1) is 12.1. The number of piperidine rings is 1. The number of nitrogens with zero attached hydrogens (tertiary/aromatic N) is 1. The van der Waals surface area contributed by atoms with Gasteiger partial charge in [0.25, 0.3) is 0 Å². The lowest BCUT2D eigenvalue weighted by atomic mass is 9.85. The molecule has 2 N–H and O–H groups in total. The SMILES string of the molecule is C[C@@H]1CCCC[C@@H]1NC(=O)C1CCN(C(=O)Nc2ccccc2)CC1. The number of hydrogen-bond donors (Lipinski definition) is 2. The number of nitrogens with one attached hydrogen (secondary N) is 2. The van der Waals surface area contributed by atoms with Crippen LogP contribution in [0.15, 0.2) is 30.3 Å². The number of para-hydroxylation sites is 1. The molecule has 25 heavy (non-hydrogen) atoms.